The number of phenols is 1. The Morgan fingerprint density at radius 2 is 1.83 bits per heavy atom. The van der Waals surface area contributed by atoms with Crippen LogP contribution >= 0.6 is 0 Å². The molecule has 0 aliphatic heterocycles. The first-order valence-electron chi connectivity index (χ1n) is 6.16. The first-order valence-corrected chi connectivity index (χ1v) is 7.64. The predicted molar refractivity (Wildman–Crippen MR) is 79.0 cm³/mol. The summed E-state index contributed by atoms with van der Waals surface area (Å²) in [6, 6.07) is 9.90. The van der Waals surface area contributed by atoms with Gasteiger partial charge in [0.1, 0.15) is 5.75 Å². The Morgan fingerprint density at radius 1 is 1.13 bits per heavy atom. The van der Waals surface area contributed by atoms with Crippen LogP contribution in [-0.2, 0) is 10.0 Å². The summed E-state index contributed by atoms with van der Waals surface area (Å²) in [6.45, 7) is 0. The molecule has 2 aromatic carbocycles. The molecule has 0 radical (unpaired) electrons. The van der Waals surface area contributed by atoms with Gasteiger partial charge in [0.05, 0.1) is 15.4 Å². The minimum absolute atomic E-state index is 0.130. The number of benzene rings is 2. The molecular weight excluding hydrogens is 326 g/mol. The van der Waals surface area contributed by atoms with Gasteiger partial charge in [0, 0.05) is 12.1 Å². The number of nitrogens with zero attached hydrogens (tertiary/aromatic N) is 1. The summed E-state index contributed by atoms with van der Waals surface area (Å²) in [4.78, 5) is 23.2. The van der Waals surface area contributed by atoms with Gasteiger partial charge >= 0.3 is 0 Å². The van der Waals surface area contributed by atoms with Gasteiger partial charge in [-0.05, 0) is 18.2 Å². The number of carbonyl (C=O) groups is 1. The summed E-state index contributed by atoms with van der Waals surface area (Å²) < 4.78 is 24.0. The lowest BCUT2D eigenvalue weighted by Crippen LogP contribution is -2.41. The second kappa shape index (κ2) is 6.42. The number of amides is 1. The van der Waals surface area contributed by atoms with Crippen LogP contribution in [0, 0.1) is 10.1 Å². The van der Waals surface area contributed by atoms with Gasteiger partial charge in [-0.25, -0.2) is 8.42 Å². The first-order chi connectivity index (χ1) is 10.8. The number of nitro groups is 1. The van der Waals surface area contributed by atoms with Gasteiger partial charge in [0.2, 0.25) is 0 Å². The molecule has 2 aromatic rings. The van der Waals surface area contributed by atoms with Gasteiger partial charge in [0.15, 0.2) is 0 Å². The fourth-order valence-electron chi connectivity index (χ4n) is 1.67. The molecule has 0 unspecified atom stereocenters. The van der Waals surface area contributed by atoms with Gasteiger partial charge in [-0.1, -0.05) is 18.2 Å². The number of hydrogen-bond acceptors (Lipinski definition) is 6. The molecule has 9 nitrogen and oxygen atoms in total. The van der Waals surface area contributed by atoms with E-state index in [-0.39, 0.29) is 16.2 Å². The monoisotopic (exact) mass is 337 g/mol. The molecule has 23 heavy (non-hydrogen) atoms. The van der Waals surface area contributed by atoms with Gasteiger partial charge in [-0.15, -0.1) is 4.83 Å². The van der Waals surface area contributed by atoms with E-state index in [9.17, 15) is 28.4 Å². The lowest BCUT2D eigenvalue weighted by molar-refractivity contribution is -0.385. The van der Waals surface area contributed by atoms with Crippen molar-refractivity contribution in [2.24, 2.45) is 0 Å². The first kappa shape index (κ1) is 16.4. The van der Waals surface area contributed by atoms with E-state index in [1.54, 1.807) is 4.83 Å². The molecule has 0 aliphatic carbocycles. The third kappa shape index (κ3) is 3.81. The molecule has 120 valence electrons. The van der Waals surface area contributed by atoms with Crippen LogP contribution in [0.2, 0.25) is 0 Å². The van der Waals surface area contributed by atoms with Gasteiger partial charge in [-0.2, -0.15) is 0 Å². The highest BCUT2D eigenvalue weighted by Crippen LogP contribution is 2.17. The van der Waals surface area contributed by atoms with Crippen LogP contribution in [0.25, 0.3) is 0 Å². The maximum absolute atomic E-state index is 12.0. The van der Waals surface area contributed by atoms with E-state index in [1.165, 1.54) is 30.3 Å². The highest BCUT2D eigenvalue weighted by molar-refractivity contribution is 7.89. The number of sulfonamides is 1. The van der Waals surface area contributed by atoms with E-state index in [1.807, 2.05) is 5.43 Å². The number of carbonyl (C=O) groups excluding carboxylic acids is 1. The number of hydrogen-bond donors (Lipinski definition) is 3. The SMILES string of the molecule is O=C(NNS(=O)(=O)c1cccc([N+](=O)[O-])c1)c1ccccc1O. The summed E-state index contributed by atoms with van der Waals surface area (Å²) >= 11 is 0. The minimum atomic E-state index is -4.20. The van der Waals surface area contributed by atoms with Crippen LogP contribution < -0.4 is 10.3 Å². The number of non-ortho nitro benzene ring substituents is 1. The standard InChI is InChI=1S/C13H11N3O6S/c17-12-7-2-1-6-11(12)13(18)14-15-23(21,22)10-5-3-4-9(8-10)16(19)20/h1-8,15,17H,(H,14,18). The second-order valence-electron chi connectivity index (χ2n) is 4.33. The summed E-state index contributed by atoms with van der Waals surface area (Å²) in [5, 5.41) is 20.2. The summed E-state index contributed by atoms with van der Waals surface area (Å²) in [5.74, 6) is -1.20. The second-order valence-corrected chi connectivity index (χ2v) is 6.01. The van der Waals surface area contributed by atoms with E-state index in [2.05, 4.69) is 0 Å². The van der Waals surface area contributed by atoms with Crippen molar-refractivity contribution in [3.8, 4) is 5.75 Å². The quantitative estimate of drug-likeness (QED) is 0.548. The molecule has 0 aromatic heterocycles. The molecule has 0 fully saturated rings. The predicted octanol–water partition coefficient (Wildman–Crippen LogP) is 0.924. The van der Waals surface area contributed by atoms with Gasteiger partial charge in [-0.3, -0.25) is 20.3 Å². The van der Waals surface area contributed by atoms with Crippen molar-refractivity contribution in [3.63, 3.8) is 0 Å². The Bertz CT molecular complexity index is 866. The molecule has 0 atom stereocenters. The summed E-state index contributed by atoms with van der Waals surface area (Å²) in [7, 11) is -4.20. The Kier molecular flexibility index (Phi) is 4.57. The van der Waals surface area contributed by atoms with E-state index >= 15 is 0 Å². The Morgan fingerprint density at radius 3 is 2.48 bits per heavy atom. The van der Waals surface area contributed by atoms with E-state index < -0.39 is 26.5 Å². The van der Waals surface area contributed by atoms with Gasteiger partial charge < -0.3 is 5.11 Å². The highest BCUT2D eigenvalue weighted by atomic mass is 32.2. The zero-order valence-electron chi connectivity index (χ0n) is 11.5. The number of para-hydroxylation sites is 1. The fourth-order valence-corrected chi connectivity index (χ4v) is 2.55. The lowest BCUT2D eigenvalue weighted by Gasteiger charge is -2.09. The van der Waals surface area contributed by atoms with Crippen molar-refractivity contribution in [3.05, 3.63) is 64.2 Å². The Balaban J connectivity index is 2.16. The zero-order chi connectivity index (χ0) is 17.0. The number of hydrazine groups is 1. The third-order valence-corrected chi connectivity index (χ3v) is 4.03. The Hall–Kier alpha value is -2.98. The summed E-state index contributed by atoms with van der Waals surface area (Å²) in [5.41, 5.74) is 1.39. The van der Waals surface area contributed by atoms with E-state index in [0.717, 1.165) is 18.2 Å². The number of rotatable bonds is 5. The van der Waals surface area contributed by atoms with Crippen molar-refractivity contribution in [1.82, 2.24) is 10.3 Å². The molecule has 10 heteroatoms. The van der Waals surface area contributed by atoms with E-state index in [0.29, 0.717) is 0 Å². The maximum atomic E-state index is 12.0. The lowest BCUT2D eigenvalue weighted by atomic mass is 10.2. The number of nitro benzene ring substituents is 1. The zero-order valence-corrected chi connectivity index (χ0v) is 12.3. The minimum Gasteiger partial charge on any atom is -0.507 e. The number of phenolic OH excluding ortho intramolecular Hbond substituents is 1. The van der Waals surface area contributed by atoms with Crippen molar-refractivity contribution in [2.75, 3.05) is 0 Å². The third-order valence-electron chi connectivity index (χ3n) is 2.79. The van der Waals surface area contributed by atoms with Gasteiger partial charge in [0.25, 0.3) is 21.6 Å². The number of nitrogens with one attached hydrogen (secondary N) is 2. The molecule has 0 saturated heterocycles. The highest BCUT2D eigenvalue weighted by Gasteiger charge is 2.19. The molecule has 0 spiro atoms. The molecule has 1 amide bonds. The van der Waals surface area contributed by atoms with Crippen LogP contribution in [0.3, 0.4) is 0 Å². The normalized spacial score (nSPS) is 11.0. The van der Waals surface area contributed by atoms with Crippen LogP contribution in [0.5, 0.6) is 5.75 Å². The van der Waals surface area contributed by atoms with E-state index in [4.69, 9.17) is 0 Å². The average Bonchev–Trinajstić information content (AvgIpc) is 2.53. The van der Waals surface area contributed by atoms with Crippen molar-refractivity contribution in [2.45, 2.75) is 4.90 Å². The topological polar surface area (TPSA) is 139 Å². The smallest absolute Gasteiger partial charge is 0.270 e. The Labute approximate surface area is 130 Å². The summed E-state index contributed by atoms with van der Waals surface area (Å²) in [6.07, 6.45) is 0. The van der Waals surface area contributed by atoms with Crippen molar-refractivity contribution >= 4 is 21.6 Å². The van der Waals surface area contributed by atoms with Crippen molar-refractivity contribution < 1.29 is 23.2 Å². The van der Waals surface area contributed by atoms with Crippen molar-refractivity contribution in [1.29, 1.82) is 0 Å². The fraction of sp³-hybridized carbons (Fsp3) is 0. The molecule has 0 bridgehead atoms. The molecule has 0 aliphatic rings. The molecule has 3 N–H and O–H groups in total. The van der Waals surface area contributed by atoms with Crippen LogP contribution in [0.4, 0.5) is 5.69 Å². The average molecular weight is 337 g/mol. The maximum Gasteiger partial charge on any atom is 0.270 e. The van der Waals surface area contributed by atoms with Crippen LogP contribution in [-0.4, -0.2) is 24.4 Å². The molecular formula is C13H11N3O6S. The molecule has 0 saturated carbocycles. The molecule has 2 rings (SSSR count). The largest absolute Gasteiger partial charge is 0.507 e. The number of aromatic hydroxyl groups is 1. The van der Waals surface area contributed by atoms with Crippen LogP contribution in [0.15, 0.2) is 53.4 Å². The van der Waals surface area contributed by atoms with Crippen LogP contribution in [0.1, 0.15) is 10.4 Å². The molecule has 0 heterocycles.